The van der Waals surface area contributed by atoms with Crippen LogP contribution in [0.1, 0.15) is 0 Å². The highest BCUT2D eigenvalue weighted by molar-refractivity contribution is 6.35. The summed E-state index contributed by atoms with van der Waals surface area (Å²) in [6.07, 6.45) is 3.79. The minimum absolute atomic E-state index is 0.784. The first-order valence-corrected chi connectivity index (χ1v) is 6.94. The average Bonchev–Trinajstić information content (AvgIpc) is 3.07. The molecule has 20 heavy (non-hydrogen) atoms. The normalized spacial score (nSPS) is 10.5. The predicted molar refractivity (Wildman–Crippen MR) is 86.6 cm³/mol. The molecule has 0 unspecified atom stereocenters. The molecule has 2 aromatic carbocycles. The van der Waals surface area contributed by atoms with Gasteiger partial charge >= 0.3 is 0 Å². The molecule has 0 amide bonds. The van der Waals surface area contributed by atoms with Crippen LogP contribution in [0.4, 0.5) is 0 Å². The van der Waals surface area contributed by atoms with Crippen molar-refractivity contribution < 1.29 is 0 Å². The molecular formula is C16H12Cl2N2. The van der Waals surface area contributed by atoms with Crippen LogP contribution in [-0.4, -0.2) is 9.97 Å². The van der Waals surface area contributed by atoms with Crippen LogP contribution in [0.25, 0.3) is 21.8 Å². The fourth-order valence-corrected chi connectivity index (χ4v) is 2.49. The molecule has 0 radical (unpaired) electrons. The molecule has 4 aromatic rings. The smallest absolute Gasteiger partial charge is 0.0499 e. The van der Waals surface area contributed by atoms with Gasteiger partial charge in [0.25, 0.3) is 0 Å². The number of hydrogen-bond acceptors (Lipinski definition) is 0. The molecule has 4 heteroatoms. The van der Waals surface area contributed by atoms with Gasteiger partial charge < -0.3 is 9.97 Å². The highest BCUT2D eigenvalue weighted by atomic mass is 35.5. The van der Waals surface area contributed by atoms with E-state index in [1.165, 1.54) is 0 Å². The molecule has 0 saturated heterocycles. The molecule has 0 fully saturated rings. The lowest BCUT2D eigenvalue weighted by atomic mass is 10.2. The zero-order valence-corrected chi connectivity index (χ0v) is 12.0. The van der Waals surface area contributed by atoms with Gasteiger partial charge in [-0.1, -0.05) is 29.3 Å². The Bertz CT molecular complexity index is 845. The van der Waals surface area contributed by atoms with Crippen LogP contribution in [0.5, 0.6) is 0 Å². The van der Waals surface area contributed by atoms with Gasteiger partial charge in [-0.05, 0) is 42.5 Å². The van der Waals surface area contributed by atoms with Crippen molar-refractivity contribution in [2.24, 2.45) is 0 Å². The molecule has 0 bridgehead atoms. The van der Waals surface area contributed by atoms with E-state index in [1.54, 1.807) is 0 Å². The summed E-state index contributed by atoms with van der Waals surface area (Å²) in [6.45, 7) is 0. The predicted octanol–water partition coefficient (Wildman–Crippen LogP) is 5.64. The number of nitrogens with one attached hydrogen (secondary N) is 2. The quantitative estimate of drug-likeness (QED) is 0.421. The first-order chi connectivity index (χ1) is 9.74. The lowest BCUT2D eigenvalue weighted by Crippen LogP contribution is -1.66. The van der Waals surface area contributed by atoms with Gasteiger partial charge in [0.1, 0.15) is 0 Å². The van der Waals surface area contributed by atoms with Gasteiger partial charge in [0, 0.05) is 44.2 Å². The third kappa shape index (κ3) is 2.67. The van der Waals surface area contributed by atoms with Crippen molar-refractivity contribution in [3.63, 3.8) is 0 Å². The van der Waals surface area contributed by atoms with Crippen LogP contribution in [0.2, 0.25) is 10.0 Å². The number of hydrogen-bond donors (Lipinski definition) is 2. The minimum Gasteiger partial charge on any atom is -0.361 e. The summed E-state index contributed by atoms with van der Waals surface area (Å²) in [5.41, 5.74) is 2.22. The maximum Gasteiger partial charge on any atom is 0.0499 e. The van der Waals surface area contributed by atoms with Crippen molar-refractivity contribution in [1.82, 2.24) is 9.97 Å². The monoisotopic (exact) mass is 302 g/mol. The molecule has 2 N–H and O–H groups in total. The minimum atomic E-state index is 0.784. The lowest BCUT2D eigenvalue weighted by molar-refractivity contribution is 1.48. The van der Waals surface area contributed by atoms with Gasteiger partial charge in [0.15, 0.2) is 0 Å². The number of halogens is 2. The van der Waals surface area contributed by atoms with Gasteiger partial charge in [0.2, 0.25) is 0 Å². The summed E-state index contributed by atoms with van der Waals surface area (Å²) in [6, 6.07) is 15.6. The highest BCUT2D eigenvalue weighted by Gasteiger charge is 1.95. The standard InChI is InChI=1S/2C8H6ClN/c9-7-1-2-8-6(5-7)3-4-10-8;9-7-2-1-3-8-6(7)4-5-10-8/h2*1-5,10H. The van der Waals surface area contributed by atoms with Crippen molar-refractivity contribution in [3.05, 3.63) is 71.0 Å². The zero-order chi connectivity index (χ0) is 13.9. The molecule has 4 rings (SSSR count). The lowest BCUT2D eigenvalue weighted by Gasteiger charge is -1.89. The summed E-state index contributed by atoms with van der Waals surface area (Å²) < 4.78 is 0. The second kappa shape index (κ2) is 5.61. The first-order valence-electron chi connectivity index (χ1n) is 6.18. The Labute approximate surface area is 126 Å². The Morgan fingerprint density at radius 2 is 1.55 bits per heavy atom. The van der Waals surface area contributed by atoms with Crippen LogP contribution in [0.15, 0.2) is 60.9 Å². The van der Waals surface area contributed by atoms with E-state index in [9.17, 15) is 0 Å². The topological polar surface area (TPSA) is 31.6 Å². The Kier molecular flexibility index (Phi) is 3.68. The largest absolute Gasteiger partial charge is 0.361 e. The molecule has 0 atom stereocenters. The first kappa shape index (κ1) is 13.1. The molecule has 0 spiro atoms. The maximum atomic E-state index is 5.88. The van der Waals surface area contributed by atoms with Crippen LogP contribution in [0, 0.1) is 0 Å². The van der Waals surface area contributed by atoms with Crippen molar-refractivity contribution in [2.45, 2.75) is 0 Å². The van der Waals surface area contributed by atoms with E-state index in [0.29, 0.717) is 0 Å². The van der Waals surface area contributed by atoms with E-state index < -0.39 is 0 Å². The van der Waals surface area contributed by atoms with Crippen LogP contribution >= 0.6 is 23.2 Å². The van der Waals surface area contributed by atoms with E-state index in [-0.39, 0.29) is 0 Å². The molecule has 0 aliphatic rings. The van der Waals surface area contributed by atoms with Gasteiger partial charge in [-0.3, -0.25) is 0 Å². The molecule has 100 valence electrons. The van der Waals surface area contributed by atoms with E-state index >= 15 is 0 Å². The van der Waals surface area contributed by atoms with E-state index in [1.807, 2.05) is 60.9 Å². The number of benzene rings is 2. The number of aromatic nitrogens is 2. The van der Waals surface area contributed by atoms with Crippen LogP contribution in [0.3, 0.4) is 0 Å². The van der Waals surface area contributed by atoms with Gasteiger partial charge in [0.05, 0.1) is 0 Å². The number of rotatable bonds is 0. The fraction of sp³-hybridized carbons (Fsp3) is 0. The molecule has 0 saturated carbocycles. The number of H-pyrrole nitrogens is 2. The van der Waals surface area contributed by atoms with Crippen molar-refractivity contribution in [1.29, 1.82) is 0 Å². The van der Waals surface area contributed by atoms with E-state index in [0.717, 1.165) is 31.9 Å². The summed E-state index contributed by atoms with van der Waals surface area (Å²) in [5.74, 6) is 0. The Hall–Kier alpha value is -1.90. The van der Waals surface area contributed by atoms with Crippen LogP contribution < -0.4 is 0 Å². The summed E-state index contributed by atoms with van der Waals surface area (Å²) in [4.78, 5) is 6.16. The van der Waals surface area contributed by atoms with Gasteiger partial charge in [-0.25, -0.2) is 0 Å². The zero-order valence-electron chi connectivity index (χ0n) is 10.5. The van der Waals surface area contributed by atoms with E-state index in [2.05, 4.69) is 9.97 Å². The Balaban J connectivity index is 0.000000121. The molecule has 2 heterocycles. The maximum absolute atomic E-state index is 5.88. The van der Waals surface area contributed by atoms with Crippen molar-refractivity contribution >= 4 is 45.0 Å². The second-order valence-corrected chi connectivity index (χ2v) is 5.23. The molecule has 2 aromatic heterocycles. The van der Waals surface area contributed by atoms with Gasteiger partial charge in [-0.15, -0.1) is 0 Å². The average molecular weight is 303 g/mol. The van der Waals surface area contributed by atoms with Crippen LogP contribution in [-0.2, 0) is 0 Å². The Morgan fingerprint density at radius 3 is 2.40 bits per heavy atom. The molecular weight excluding hydrogens is 291 g/mol. The Morgan fingerprint density at radius 1 is 0.750 bits per heavy atom. The summed E-state index contributed by atoms with van der Waals surface area (Å²) in [5, 5.41) is 3.84. The van der Waals surface area contributed by atoms with E-state index in [4.69, 9.17) is 23.2 Å². The fourth-order valence-electron chi connectivity index (χ4n) is 2.07. The summed E-state index contributed by atoms with van der Waals surface area (Å²) in [7, 11) is 0. The van der Waals surface area contributed by atoms with Gasteiger partial charge in [-0.2, -0.15) is 0 Å². The third-order valence-electron chi connectivity index (χ3n) is 3.06. The second-order valence-electron chi connectivity index (χ2n) is 4.39. The molecule has 0 aliphatic carbocycles. The van der Waals surface area contributed by atoms with Crippen molar-refractivity contribution in [3.8, 4) is 0 Å². The third-order valence-corrected chi connectivity index (χ3v) is 3.62. The number of aromatic amines is 2. The summed E-state index contributed by atoms with van der Waals surface area (Å²) >= 11 is 11.6. The molecule has 2 nitrogen and oxygen atoms in total. The SMILES string of the molecule is Clc1ccc2[nH]ccc2c1.Clc1cccc2[nH]ccc12. The molecule has 0 aliphatic heterocycles. The highest BCUT2D eigenvalue weighted by Crippen LogP contribution is 2.21. The van der Waals surface area contributed by atoms with Crippen molar-refractivity contribution in [2.75, 3.05) is 0 Å². The number of fused-ring (bicyclic) bond motifs is 2.